The van der Waals surface area contributed by atoms with Crippen LogP contribution in [0.3, 0.4) is 0 Å². The third-order valence-corrected chi connectivity index (χ3v) is 3.95. The van der Waals surface area contributed by atoms with E-state index in [0.29, 0.717) is 6.04 Å². The molecule has 2 fully saturated rings. The fourth-order valence-corrected chi connectivity index (χ4v) is 2.86. The van der Waals surface area contributed by atoms with Crippen LogP contribution in [0.25, 0.3) is 0 Å². The Bertz CT molecular complexity index is 297. The summed E-state index contributed by atoms with van der Waals surface area (Å²) in [4.78, 5) is 14.1. The smallest absolute Gasteiger partial charge is 0.150 e. The maximum absolute atomic E-state index is 11.6. The summed E-state index contributed by atoms with van der Waals surface area (Å²) in [5.74, 6) is 0.268. The number of nitrogens with zero attached hydrogens (tertiary/aromatic N) is 2. The van der Waals surface area contributed by atoms with Crippen molar-refractivity contribution in [2.75, 3.05) is 26.3 Å². The average Bonchev–Trinajstić information content (AvgIpc) is 2.40. The van der Waals surface area contributed by atoms with E-state index >= 15 is 0 Å². The summed E-state index contributed by atoms with van der Waals surface area (Å²) < 4.78 is 5.36. The Morgan fingerprint density at radius 1 is 1.24 bits per heavy atom. The summed E-state index contributed by atoms with van der Waals surface area (Å²) in [6.07, 6.45) is 4.19. The predicted molar refractivity (Wildman–Crippen MR) is 63.4 cm³/mol. The van der Waals surface area contributed by atoms with Crippen LogP contribution in [0.4, 0.5) is 0 Å². The molecular weight excluding hydrogens is 216 g/mol. The Morgan fingerprint density at radius 2 is 1.88 bits per heavy atom. The molecule has 2 heterocycles. The minimum atomic E-state index is 0.0853. The van der Waals surface area contributed by atoms with Crippen molar-refractivity contribution in [3.05, 3.63) is 0 Å². The zero-order chi connectivity index (χ0) is 12.1. The van der Waals surface area contributed by atoms with Crippen molar-refractivity contribution >= 4 is 5.78 Å². The monoisotopic (exact) mass is 236 g/mol. The molecule has 4 heteroatoms. The van der Waals surface area contributed by atoms with Gasteiger partial charge in [-0.15, -0.1) is 0 Å². The minimum Gasteiger partial charge on any atom is -0.381 e. The number of likely N-dealkylation sites (tertiary alicyclic amines) is 1. The van der Waals surface area contributed by atoms with E-state index in [-0.39, 0.29) is 18.1 Å². The van der Waals surface area contributed by atoms with E-state index in [2.05, 4.69) is 4.90 Å². The van der Waals surface area contributed by atoms with E-state index < -0.39 is 0 Å². The lowest BCUT2D eigenvalue weighted by Gasteiger charge is -2.38. The van der Waals surface area contributed by atoms with Crippen molar-refractivity contribution in [1.29, 1.82) is 5.26 Å². The summed E-state index contributed by atoms with van der Waals surface area (Å²) >= 11 is 0. The van der Waals surface area contributed by atoms with Gasteiger partial charge in [-0.3, -0.25) is 4.79 Å². The lowest BCUT2D eigenvalue weighted by atomic mass is 9.90. The SMILES string of the molecule is N#CCC(=O)C1CCN(C2CCOCC2)CC1. The van der Waals surface area contributed by atoms with Crippen LogP contribution in [0.1, 0.15) is 32.1 Å². The molecule has 0 radical (unpaired) electrons. The summed E-state index contributed by atoms with van der Waals surface area (Å²) in [6, 6.07) is 2.61. The van der Waals surface area contributed by atoms with Gasteiger partial charge >= 0.3 is 0 Å². The van der Waals surface area contributed by atoms with Gasteiger partial charge in [0.25, 0.3) is 0 Å². The van der Waals surface area contributed by atoms with Crippen molar-refractivity contribution < 1.29 is 9.53 Å². The van der Waals surface area contributed by atoms with Crippen LogP contribution in [0, 0.1) is 17.2 Å². The summed E-state index contributed by atoms with van der Waals surface area (Å²) in [6.45, 7) is 3.76. The topological polar surface area (TPSA) is 53.3 Å². The van der Waals surface area contributed by atoms with E-state index in [1.807, 2.05) is 6.07 Å². The highest BCUT2D eigenvalue weighted by Gasteiger charge is 2.29. The Balaban J connectivity index is 1.77. The molecule has 4 nitrogen and oxygen atoms in total. The Hall–Kier alpha value is -0.920. The van der Waals surface area contributed by atoms with Gasteiger partial charge in [0.1, 0.15) is 5.78 Å². The van der Waals surface area contributed by atoms with E-state index in [4.69, 9.17) is 10.00 Å². The highest BCUT2D eigenvalue weighted by Crippen LogP contribution is 2.24. The maximum atomic E-state index is 11.6. The first-order chi connectivity index (χ1) is 8.31. The zero-order valence-electron chi connectivity index (χ0n) is 10.2. The number of hydrogen-bond donors (Lipinski definition) is 0. The molecule has 0 spiro atoms. The quantitative estimate of drug-likeness (QED) is 0.742. The molecule has 0 bridgehead atoms. The van der Waals surface area contributed by atoms with Gasteiger partial charge < -0.3 is 9.64 Å². The third-order valence-electron chi connectivity index (χ3n) is 3.95. The molecule has 0 aliphatic carbocycles. The summed E-state index contributed by atoms with van der Waals surface area (Å²) in [5.41, 5.74) is 0. The van der Waals surface area contributed by atoms with E-state index in [0.717, 1.165) is 52.0 Å². The first-order valence-corrected chi connectivity index (χ1v) is 6.52. The maximum Gasteiger partial charge on any atom is 0.150 e. The predicted octanol–water partition coefficient (Wildman–Crippen LogP) is 1.36. The molecule has 2 aliphatic rings. The molecule has 0 amide bonds. The second-order valence-electron chi connectivity index (χ2n) is 4.95. The van der Waals surface area contributed by atoms with Gasteiger partial charge in [-0.25, -0.2) is 0 Å². The first-order valence-electron chi connectivity index (χ1n) is 6.52. The number of piperidine rings is 1. The first kappa shape index (κ1) is 12.5. The van der Waals surface area contributed by atoms with Gasteiger partial charge in [0.15, 0.2) is 0 Å². The molecule has 0 aromatic heterocycles. The zero-order valence-corrected chi connectivity index (χ0v) is 10.2. The summed E-state index contributed by atoms with van der Waals surface area (Å²) in [7, 11) is 0. The second-order valence-corrected chi connectivity index (χ2v) is 4.95. The molecule has 2 aliphatic heterocycles. The van der Waals surface area contributed by atoms with E-state index in [1.165, 1.54) is 0 Å². The number of rotatable bonds is 3. The number of carbonyl (C=O) groups is 1. The van der Waals surface area contributed by atoms with Gasteiger partial charge in [-0.05, 0) is 38.8 Å². The fraction of sp³-hybridized carbons (Fsp3) is 0.846. The van der Waals surface area contributed by atoms with Crippen LogP contribution in [-0.2, 0) is 9.53 Å². The standard InChI is InChI=1S/C13H20N2O2/c14-6-1-13(16)11-2-7-15(8-3-11)12-4-9-17-10-5-12/h11-12H,1-5,7-10H2. The number of carbonyl (C=O) groups excluding carboxylic acids is 1. The van der Waals surface area contributed by atoms with Crippen LogP contribution in [0.15, 0.2) is 0 Å². The molecule has 0 atom stereocenters. The molecule has 17 heavy (non-hydrogen) atoms. The van der Waals surface area contributed by atoms with Crippen LogP contribution in [-0.4, -0.2) is 43.0 Å². The van der Waals surface area contributed by atoms with Crippen LogP contribution in [0.5, 0.6) is 0 Å². The molecule has 2 saturated heterocycles. The number of ether oxygens (including phenoxy) is 1. The summed E-state index contributed by atoms with van der Waals surface area (Å²) in [5, 5.41) is 8.53. The molecule has 0 saturated carbocycles. The highest BCUT2D eigenvalue weighted by molar-refractivity contribution is 5.82. The molecule has 2 rings (SSSR count). The van der Waals surface area contributed by atoms with Crippen molar-refractivity contribution in [1.82, 2.24) is 4.90 Å². The molecule has 94 valence electrons. The second kappa shape index (κ2) is 6.13. The molecule has 0 aromatic carbocycles. The van der Waals surface area contributed by atoms with Gasteiger partial charge in [0.05, 0.1) is 12.5 Å². The normalized spacial score (nSPS) is 24.4. The van der Waals surface area contributed by atoms with Crippen LogP contribution >= 0.6 is 0 Å². The molecule has 0 aromatic rings. The largest absolute Gasteiger partial charge is 0.381 e. The number of nitriles is 1. The fourth-order valence-electron chi connectivity index (χ4n) is 2.86. The van der Waals surface area contributed by atoms with Gasteiger partial charge in [-0.2, -0.15) is 5.26 Å². The molecule has 0 N–H and O–H groups in total. The molecular formula is C13H20N2O2. The lowest BCUT2D eigenvalue weighted by molar-refractivity contribution is -0.123. The highest BCUT2D eigenvalue weighted by atomic mass is 16.5. The minimum absolute atomic E-state index is 0.0853. The van der Waals surface area contributed by atoms with Gasteiger partial charge in [-0.1, -0.05) is 0 Å². The number of ketones is 1. The Kier molecular flexibility index (Phi) is 4.52. The van der Waals surface area contributed by atoms with Crippen molar-refractivity contribution in [3.63, 3.8) is 0 Å². The average molecular weight is 236 g/mol. The van der Waals surface area contributed by atoms with Crippen LogP contribution in [0.2, 0.25) is 0 Å². The molecule has 0 unspecified atom stereocenters. The third kappa shape index (κ3) is 3.27. The van der Waals surface area contributed by atoms with Crippen molar-refractivity contribution in [2.24, 2.45) is 5.92 Å². The number of hydrogen-bond acceptors (Lipinski definition) is 4. The lowest BCUT2D eigenvalue weighted by Crippen LogP contribution is -2.45. The van der Waals surface area contributed by atoms with E-state index in [9.17, 15) is 4.79 Å². The van der Waals surface area contributed by atoms with E-state index in [1.54, 1.807) is 0 Å². The Labute approximate surface area is 103 Å². The van der Waals surface area contributed by atoms with Crippen molar-refractivity contribution in [2.45, 2.75) is 38.1 Å². The Morgan fingerprint density at radius 3 is 2.47 bits per heavy atom. The van der Waals surface area contributed by atoms with Gasteiger partial charge in [0, 0.05) is 25.2 Å². The number of Topliss-reactive ketones (excluding diaryl/α,β-unsaturated/α-hetero) is 1. The van der Waals surface area contributed by atoms with Crippen LogP contribution < -0.4 is 0 Å². The van der Waals surface area contributed by atoms with Crippen molar-refractivity contribution in [3.8, 4) is 6.07 Å². The van der Waals surface area contributed by atoms with Gasteiger partial charge in [0.2, 0.25) is 0 Å².